The Morgan fingerprint density at radius 2 is 1.94 bits per heavy atom. The fraction of sp³-hybridized carbons (Fsp3) is 0.360. The van der Waals surface area contributed by atoms with Crippen LogP contribution in [0.3, 0.4) is 0 Å². The molecule has 6 nitrogen and oxygen atoms in total. The molecule has 2 aliphatic heterocycles. The molecule has 0 saturated carbocycles. The summed E-state index contributed by atoms with van der Waals surface area (Å²) in [5, 5.41) is 11.3. The second-order valence-electron chi connectivity index (χ2n) is 8.55. The molecule has 2 N–H and O–H groups in total. The number of amides is 1. The minimum Gasteiger partial charge on any atom is -0.347 e. The summed E-state index contributed by atoms with van der Waals surface area (Å²) in [5.74, 6) is -0.0594. The third-order valence-electron chi connectivity index (χ3n) is 6.31. The van der Waals surface area contributed by atoms with Crippen molar-refractivity contribution >= 4 is 5.91 Å². The van der Waals surface area contributed by atoms with E-state index in [0.29, 0.717) is 12.2 Å². The van der Waals surface area contributed by atoms with Crippen molar-refractivity contribution in [2.75, 3.05) is 26.2 Å². The van der Waals surface area contributed by atoms with Crippen molar-refractivity contribution in [3.05, 3.63) is 77.0 Å². The van der Waals surface area contributed by atoms with Crippen molar-refractivity contribution in [3.8, 4) is 11.3 Å². The van der Waals surface area contributed by atoms with E-state index in [4.69, 9.17) is 5.10 Å². The number of hydrogen-bond donors (Lipinski definition) is 2. The Hall–Kier alpha value is -2.96. The van der Waals surface area contributed by atoms with Gasteiger partial charge in [0.15, 0.2) is 0 Å². The monoisotopic (exact) mass is 415 g/mol. The van der Waals surface area contributed by atoms with E-state index in [9.17, 15) is 4.79 Å². The first kappa shape index (κ1) is 20.0. The highest BCUT2D eigenvalue weighted by Gasteiger charge is 2.27. The van der Waals surface area contributed by atoms with Gasteiger partial charge in [0.05, 0.1) is 12.2 Å². The van der Waals surface area contributed by atoms with Gasteiger partial charge < -0.3 is 5.32 Å². The van der Waals surface area contributed by atoms with Crippen LogP contribution in [0.2, 0.25) is 0 Å². The summed E-state index contributed by atoms with van der Waals surface area (Å²) >= 11 is 0. The van der Waals surface area contributed by atoms with Crippen LogP contribution in [0, 0.1) is 6.92 Å². The minimum absolute atomic E-state index is 0.0195. The van der Waals surface area contributed by atoms with Crippen molar-refractivity contribution < 1.29 is 4.79 Å². The van der Waals surface area contributed by atoms with E-state index in [-0.39, 0.29) is 12.1 Å². The van der Waals surface area contributed by atoms with E-state index in [1.54, 1.807) is 0 Å². The predicted octanol–water partition coefficient (Wildman–Crippen LogP) is 3.14. The van der Waals surface area contributed by atoms with E-state index >= 15 is 0 Å². The summed E-state index contributed by atoms with van der Waals surface area (Å²) < 4.78 is 1.85. The van der Waals surface area contributed by atoms with E-state index in [2.05, 4.69) is 71.0 Å². The lowest BCUT2D eigenvalue weighted by Crippen LogP contribution is -2.45. The molecule has 0 bridgehead atoms. The van der Waals surface area contributed by atoms with Gasteiger partial charge in [-0.25, -0.2) is 4.68 Å². The van der Waals surface area contributed by atoms with E-state index in [1.165, 1.54) is 16.7 Å². The Kier molecular flexibility index (Phi) is 5.57. The number of benzene rings is 2. The fourth-order valence-corrected chi connectivity index (χ4v) is 4.51. The van der Waals surface area contributed by atoms with Crippen LogP contribution in [0.25, 0.3) is 11.3 Å². The van der Waals surface area contributed by atoms with Crippen LogP contribution in [0.4, 0.5) is 0 Å². The summed E-state index contributed by atoms with van der Waals surface area (Å²) in [6.07, 6.45) is 2.18. The van der Waals surface area contributed by atoms with Crippen LogP contribution in [-0.4, -0.2) is 46.8 Å². The van der Waals surface area contributed by atoms with Crippen LogP contribution in [0.5, 0.6) is 0 Å². The van der Waals surface area contributed by atoms with Gasteiger partial charge in [-0.2, -0.15) is 5.10 Å². The maximum absolute atomic E-state index is 12.4. The summed E-state index contributed by atoms with van der Waals surface area (Å²) in [6.45, 7) is 6.74. The number of carbonyl (C=O) groups is 1. The average Bonchev–Trinajstić information content (AvgIpc) is 3.25. The molecule has 6 heteroatoms. The molecule has 1 atom stereocenters. The van der Waals surface area contributed by atoms with Crippen molar-refractivity contribution in [3.63, 3.8) is 0 Å². The molecule has 160 valence electrons. The van der Waals surface area contributed by atoms with Crippen molar-refractivity contribution in [2.24, 2.45) is 0 Å². The van der Waals surface area contributed by atoms with Crippen LogP contribution in [-0.2, 0) is 13.0 Å². The molecular weight excluding hydrogens is 386 g/mol. The largest absolute Gasteiger partial charge is 0.347 e. The number of aryl methyl sites for hydroxylation is 1. The summed E-state index contributed by atoms with van der Waals surface area (Å²) in [4.78, 5) is 14.9. The van der Waals surface area contributed by atoms with Gasteiger partial charge in [0.2, 0.25) is 0 Å². The molecule has 0 spiro atoms. The lowest BCUT2D eigenvalue weighted by molar-refractivity contribution is 0.0900. The van der Waals surface area contributed by atoms with E-state index in [1.807, 2.05) is 10.7 Å². The van der Waals surface area contributed by atoms with Gasteiger partial charge in [0.25, 0.3) is 5.91 Å². The summed E-state index contributed by atoms with van der Waals surface area (Å²) in [7, 11) is 0. The van der Waals surface area contributed by atoms with Gasteiger partial charge in [-0.1, -0.05) is 54.1 Å². The first-order chi connectivity index (χ1) is 15.2. The molecule has 3 aromatic rings. The molecule has 2 aromatic carbocycles. The van der Waals surface area contributed by atoms with E-state index in [0.717, 1.165) is 50.3 Å². The Balaban J connectivity index is 1.19. The second kappa shape index (κ2) is 8.65. The zero-order chi connectivity index (χ0) is 21.2. The van der Waals surface area contributed by atoms with E-state index < -0.39 is 0 Å². The highest BCUT2D eigenvalue weighted by atomic mass is 16.2. The van der Waals surface area contributed by atoms with Crippen molar-refractivity contribution in [1.82, 2.24) is 25.3 Å². The molecule has 0 saturated heterocycles. The van der Waals surface area contributed by atoms with Gasteiger partial charge in [0, 0.05) is 18.7 Å². The predicted molar refractivity (Wildman–Crippen MR) is 122 cm³/mol. The number of nitrogens with zero attached hydrogens (tertiary/aromatic N) is 3. The van der Waals surface area contributed by atoms with Crippen LogP contribution >= 0.6 is 0 Å². The zero-order valence-corrected chi connectivity index (χ0v) is 18.0. The molecule has 31 heavy (non-hydrogen) atoms. The zero-order valence-electron chi connectivity index (χ0n) is 18.0. The molecule has 1 unspecified atom stereocenters. The quantitative estimate of drug-likeness (QED) is 0.607. The molecule has 0 fully saturated rings. The second-order valence-corrected chi connectivity index (χ2v) is 8.55. The number of rotatable bonds is 6. The first-order valence-electron chi connectivity index (χ1n) is 11.1. The molecule has 3 heterocycles. The Labute approximate surface area is 183 Å². The van der Waals surface area contributed by atoms with Gasteiger partial charge in [-0.15, -0.1) is 0 Å². The Morgan fingerprint density at radius 3 is 2.77 bits per heavy atom. The van der Waals surface area contributed by atoms with Crippen LogP contribution < -0.4 is 10.6 Å². The third-order valence-corrected chi connectivity index (χ3v) is 6.31. The maximum Gasteiger partial charge on any atom is 0.269 e. The van der Waals surface area contributed by atoms with Gasteiger partial charge >= 0.3 is 0 Å². The number of aromatic nitrogens is 2. The Bertz CT molecular complexity index is 1070. The third kappa shape index (κ3) is 4.27. The lowest BCUT2D eigenvalue weighted by Gasteiger charge is -2.29. The Morgan fingerprint density at radius 1 is 1.13 bits per heavy atom. The SMILES string of the molecule is Cc1ccc(-c2cc3n(n2)C(NCCCN2CCc4ccccc4C2)CNC3=O)cc1. The smallest absolute Gasteiger partial charge is 0.269 e. The number of hydrogen-bond acceptors (Lipinski definition) is 4. The van der Waals surface area contributed by atoms with Crippen LogP contribution in [0.1, 0.15) is 39.8 Å². The summed E-state index contributed by atoms with van der Waals surface area (Å²) in [5.41, 5.74) is 6.65. The number of carbonyl (C=O) groups excluding carboxylic acids is 1. The topological polar surface area (TPSA) is 62.2 Å². The highest BCUT2D eigenvalue weighted by Crippen LogP contribution is 2.23. The standard InChI is InChI=1S/C25H29N5O/c1-18-7-9-20(10-8-18)22-15-23-25(31)27-16-24(30(23)28-22)26-12-4-13-29-14-11-19-5-2-3-6-21(19)17-29/h2-3,5-10,15,24,26H,4,11-14,16-17H2,1H3,(H,27,31). The maximum atomic E-state index is 12.4. The highest BCUT2D eigenvalue weighted by molar-refractivity contribution is 5.94. The molecule has 2 aliphatic rings. The molecule has 1 aromatic heterocycles. The normalized spacial score (nSPS) is 18.4. The summed E-state index contributed by atoms with van der Waals surface area (Å²) in [6, 6.07) is 18.9. The average molecular weight is 416 g/mol. The molecule has 0 radical (unpaired) electrons. The number of nitrogens with one attached hydrogen (secondary N) is 2. The number of fused-ring (bicyclic) bond motifs is 2. The first-order valence-corrected chi connectivity index (χ1v) is 11.1. The van der Waals surface area contributed by atoms with Crippen molar-refractivity contribution in [1.29, 1.82) is 0 Å². The fourth-order valence-electron chi connectivity index (χ4n) is 4.51. The van der Waals surface area contributed by atoms with Gasteiger partial charge in [-0.3, -0.25) is 15.0 Å². The van der Waals surface area contributed by atoms with Gasteiger partial charge in [-0.05, 0) is 50.0 Å². The molecular formula is C25H29N5O. The molecule has 1 amide bonds. The van der Waals surface area contributed by atoms with Crippen LogP contribution in [0.15, 0.2) is 54.6 Å². The molecule has 5 rings (SSSR count). The van der Waals surface area contributed by atoms with Gasteiger partial charge in [0.1, 0.15) is 11.9 Å². The van der Waals surface area contributed by atoms with Crippen molar-refractivity contribution in [2.45, 2.75) is 32.5 Å². The molecule has 0 aliphatic carbocycles. The lowest BCUT2D eigenvalue weighted by atomic mass is 10.00. The minimum atomic E-state index is -0.0594.